The lowest BCUT2D eigenvalue weighted by molar-refractivity contribution is 0.100. The minimum atomic E-state index is -0.500. The van der Waals surface area contributed by atoms with Crippen LogP contribution < -0.4 is 10.6 Å². The van der Waals surface area contributed by atoms with Crippen molar-refractivity contribution < 1.29 is 4.79 Å². The van der Waals surface area contributed by atoms with E-state index in [4.69, 9.17) is 34.2 Å². The quantitative estimate of drug-likeness (QED) is 0.574. The molecule has 0 aromatic heterocycles. The second-order valence-corrected chi connectivity index (χ2v) is 8.68. The third-order valence-electron chi connectivity index (χ3n) is 5.75. The fourth-order valence-corrected chi connectivity index (χ4v) is 4.49. The summed E-state index contributed by atoms with van der Waals surface area (Å²) in [4.78, 5) is 16.2. The van der Waals surface area contributed by atoms with Crippen LogP contribution in [-0.4, -0.2) is 30.4 Å². The molecule has 162 valence electrons. The van der Waals surface area contributed by atoms with Gasteiger partial charge in [0, 0.05) is 36.8 Å². The number of carbonyl (C=O) groups is 1. The van der Waals surface area contributed by atoms with Crippen molar-refractivity contribution in [3.05, 3.63) is 99.0 Å². The molecule has 7 heteroatoms. The van der Waals surface area contributed by atoms with Crippen LogP contribution in [-0.2, 0) is 6.54 Å². The minimum Gasteiger partial charge on any atom is -0.366 e. The molecular formula is C25H22Cl2N4O. The smallest absolute Gasteiger partial charge is 0.248 e. The highest BCUT2D eigenvalue weighted by molar-refractivity contribution is 6.33. The fourth-order valence-electron chi connectivity index (χ4n) is 4.08. The predicted octanol–water partition coefficient (Wildman–Crippen LogP) is 5.03. The van der Waals surface area contributed by atoms with E-state index < -0.39 is 5.91 Å². The molecule has 1 saturated heterocycles. The highest BCUT2D eigenvalue weighted by atomic mass is 35.5. The highest BCUT2D eigenvalue weighted by Crippen LogP contribution is 2.36. The first-order chi connectivity index (χ1) is 15.4. The summed E-state index contributed by atoms with van der Waals surface area (Å²) in [6.45, 7) is 3.19. The number of halogens is 2. The predicted molar refractivity (Wildman–Crippen MR) is 128 cm³/mol. The molecule has 1 atom stereocenters. The molecule has 1 fully saturated rings. The Kier molecular flexibility index (Phi) is 6.66. The van der Waals surface area contributed by atoms with Gasteiger partial charge in [-0.25, -0.2) is 0 Å². The third kappa shape index (κ3) is 4.89. The molecule has 0 radical (unpaired) electrons. The molecule has 0 aliphatic carbocycles. The van der Waals surface area contributed by atoms with E-state index >= 15 is 0 Å². The Morgan fingerprint density at radius 3 is 2.38 bits per heavy atom. The first-order valence-electron chi connectivity index (χ1n) is 10.3. The maximum Gasteiger partial charge on any atom is 0.248 e. The van der Waals surface area contributed by atoms with Crippen LogP contribution >= 0.6 is 23.2 Å². The number of anilines is 1. The summed E-state index contributed by atoms with van der Waals surface area (Å²) in [7, 11) is 0. The van der Waals surface area contributed by atoms with Crippen molar-refractivity contribution in [1.82, 2.24) is 4.90 Å². The summed E-state index contributed by atoms with van der Waals surface area (Å²) in [6.07, 6.45) is 0. The standard InChI is InChI=1S/C25H22Cl2N4O/c26-21-8-5-19(6-9-21)24-16-30(15-18-3-1-17(14-28)2-4-18)11-12-31(24)23-10-7-20(25(29)32)13-22(23)27/h1-10,13,24H,11-12,15-16H2,(H2,29,32)/t24-/m0/s1. The van der Waals surface area contributed by atoms with Gasteiger partial charge in [0.2, 0.25) is 5.91 Å². The van der Waals surface area contributed by atoms with E-state index in [9.17, 15) is 4.79 Å². The number of hydrogen-bond donors (Lipinski definition) is 1. The molecule has 1 aliphatic heterocycles. The number of rotatable bonds is 5. The van der Waals surface area contributed by atoms with Crippen LogP contribution in [0.5, 0.6) is 0 Å². The van der Waals surface area contributed by atoms with Crippen LogP contribution in [0.1, 0.15) is 33.1 Å². The first-order valence-corrected chi connectivity index (χ1v) is 11.0. The van der Waals surface area contributed by atoms with Crippen LogP contribution in [0.3, 0.4) is 0 Å². The van der Waals surface area contributed by atoms with E-state index in [1.54, 1.807) is 12.1 Å². The largest absolute Gasteiger partial charge is 0.366 e. The maximum absolute atomic E-state index is 11.5. The lowest BCUT2D eigenvalue weighted by atomic mass is 10.00. The summed E-state index contributed by atoms with van der Waals surface area (Å²) in [6, 6.07) is 23.0. The molecule has 0 spiro atoms. The van der Waals surface area contributed by atoms with Crippen molar-refractivity contribution in [3.8, 4) is 6.07 Å². The van der Waals surface area contributed by atoms with Gasteiger partial charge < -0.3 is 10.6 Å². The van der Waals surface area contributed by atoms with E-state index in [2.05, 4.69) is 15.9 Å². The molecule has 5 nitrogen and oxygen atoms in total. The molecule has 0 unspecified atom stereocenters. The molecule has 1 heterocycles. The van der Waals surface area contributed by atoms with Crippen LogP contribution in [0.4, 0.5) is 5.69 Å². The van der Waals surface area contributed by atoms with Gasteiger partial charge in [0.05, 0.1) is 28.4 Å². The number of nitrogens with zero attached hydrogens (tertiary/aromatic N) is 3. The molecule has 0 bridgehead atoms. The van der Waals surface area contributed by atoms with E-state index in [0.717, 1.165) is 43.0 Å². The van der Waals surface area contributed by atoms with Crippen LogP contribution in [0.2, 0.25) is 10.0 Å². The summed E-state index contributed by atoms with van der Waals surface area (Å²) in [5.74, 6) is -0.500. The zero-order chi connectivity index (χ0) is 22.7. The normalized spacial score (nSPS) is 16.5. The van der Waals surface area contributed by atoms with E-state index in [1.165, 1.54) is 0 Å². The van der Waals surface area contributed by atoms with Crippen molar-refractivity contribution in [2.24, 2.45) is 5.73 Å². The van der Waals surface area contributed by atoms with Crippen molar-refractivity contribution in [2.75, 3.05) is 24.5 Å². The maximum atomic E-state index is 11.5. The zero-order valence-electron chi connectivity index (χ0n) is 17.3. The molecule has 1 aliphatic rings. The zero-order valence-corrected chi connectivity index (χ0v) is 18.9. The van der Waals surface area contributed by atoms with Crippen molar-refractivity contribution in [2.45, 2.75) is 12.6 Å². The Bertz CT molecular complexity index is 1160. The van der Waals surface area contributed by atoms with Gasteiger partial charge in [-0.3, -0.25) is 9.69 Å². The molecule has 1 amide bonds. The Morgan fingerprint density at radius 2 is 1.75 bits per heavy atom. The first kappa shape index (κ1) is 22.2. The number of benzene rings is 3. The van der Waals surface area contributed by atoms with Gasteiger partial charge in [0.15, 0.2) is 0 Å². The average Bonchev–Trinajstić information content (AvgIpc) is 2.80. The van der Waals surface area contributed by atoms with E-state index in [0.29, 0.717) is 21.2 Å². The van der Waals surface area contributed by atoms with Gasteiger partial charge in [0.1, 0.15) is 0 Å². The molecule has 2 N–H and O–H groups in total. The topological polar surface area (TPSA) is 73.4 Å². The summed E-state index contributed by atoms with van der Waals surface area (Å²) >= 11 is 12.7. The second-order valence-electron chi connectivity index (χ2n) is 7.84. The monoisotopic (exact) mass is 464 g/mol. The van der Waals surface area contributed by atoms with Crippen LogP contribution in [0, 0.1) is 11.3 Å². The summed E-state index contributed by atoms with van der Waals surface area (Å²) in [5, 5.41) is 10.2. The van der Waals surface area contributed by atoms with Gasteiger partial charge in [-0.1, -0.05) is 47.5 Å². The van der Waals surface area contributed by atoms with Crippen molar-refractivity contribution in [3.63, 3.8) is 0 Å². The van der Waals surface area contributed by atoms with Gasteiger partial charge in [0.25, 0.3) is 0 Å². The Labute approximate surface area is 197 Å². The third-order valence-corrected chi connectivity index (χ3v) is 6.30. The van der Waals surface area contributed by atoms with Crippen molar-refractivity contribution >= 4 is 34.8 Å². The Balaban J connectivity index is 1.61. The Hall–Kier alpha value is -3.04. The number of piperazine rings is 1. The number of primary amides is 1. The second kappa shape index (κ2) is 9.62. The molecule has 4 rings (SSSR count). The average molecular weight is 465 g/mol. The SMILES string of the molecule is N#Cc1ccc(CN2CCN(c3ccc(C(N)=O)cc3Cl)[C@H](c3ccc(Cl)cc3)C2)cc1. The number of nitrogens with two attached hydrogens (primary N) is 1. The minimum absolute atomic E-state index is 0.0522. The molecule has 3 aromatic carbocycles. The van der Waals surface area contributed by atoms with E-state index in [-0.39, 0.29) is 6.04 Å². The number of nitriles is 1. The number of carbonyl (C=O) groups excluding carboxylic acids is 1. The lowest BCUT2D eigenvalue weighted by Crippen LogP contribution is -2.48. The molecular weight excluding hydrogens is 443 g/mol. The van der Waals surface area contributed by atoms with Gasteiger partial charge in [-0.2, -0.15) is 5.26 Å². The van der Waals surface area contributed by atoms with E-state index in [1.807, 2.05) is 54.6 Å². The van der Waals surface area contributed by atoms with Gasteiger partial charge >= 0.3 is 0 Å². The van der Waals surface area contributed by atoms with Gasteiger partial charge in [-0.15, -0.1) is 0 Å². The number of hydrogen-bond acceptors (Lipinski definition) is 4. The number of amides is 1. The summed E-state index contributed by atoms with van der Waals surface area (Å²) in [5.41, 5.74) is 9.62. The highest BCUT2D eigenvalue weighted by Gasteiger charge is 2.30. The summed E-state index contributed by atoms with van der Waals surface area (Å²) < 4.78 is 0. The fraction of sp³-hybridized carbons (Fsp3) is 0.200. The molecule has 0 saturated carbocycles. The molecule has 3 aromatic rings. The van der Waals surface area contributed by atoms with Crippen molar-refractivity contribution in [1.29, 1.82) is 5.26 Å². The van der Waals surface area contributed by atoms with Gasteiger partial charge in [-0.05, 0) is 53.6 Å². The molecule has 32 heavy (non-hydrogen) atoms. The lowest BCUT2D eigenvalue weighted by Gasteiger charge is -2.43. The van der Waals surface area contributed by atoms with Crippen LogP contribution in [0.25, 0.3) is 0 Å². The Morgan fingerprint density at radius 1 is 1.03 bits per heavy atom. The van der Waals surface area contributed by atoms with Crippen LogP contribution in [0.15, 0.2) is 66.7 Å².